The van der Waals surface area contributed by atoms with Gasteiger partial charge < -0.3 is 20.0 Å². The third-order valence-electron chi connectivity index (χ3n) is 6.03. The Morgan fingerprint density at radius 1 is 1.00 bits per heavy atom. The van der Waals surface area contributed by atoms with Crippen molar-refractivity contribution in [3.8, 4) is 0 Å². The summed E-state index contributed by atoms with van der Waals surface area (Å²) in [4.78, 5) is 33.3. The molecule has 0 aliphatic carbocycles. The van der Waals surface area contributed by atoms with Crippen LogP contribution in [0.1, 0.15) is 33.1 Å². The van der Waals surface area contributed by atoms with E-state index in [9.17, 15) is 9.59 Å². The Morgan fingerprint density at radius 3 is 2.30 bits per heavy atom. The van der Waals surface area contributed by atoms with Crippen LogP contribution in [0.25, 0.3) is 0 Å². The first-order chi connectivity index (χ1) is 14.5. The van der Waals surface area contributed by atoms with Gasteiger partial charge in [0.05, 0.1) is 17.9 Å². The number of amides is 3. The van der Waals surface area contributed by atoms with E-state index in [1.165, 1.54) is 19.3 Å². The number of carbonyl (C=O) groups is 2. The van der Waals surface area contributed by atoms with Crippen molar-refractivity contribution >= 4 is 34.9 Å². The highest BCUT2D eigenvalue weighted by Gasteiger charge is 2.25. The number of halogens is 1. The molecule has 0 unspecified atom stereocenters. The maximum Gasteiger partial charge on any atom is 0.321 e. The van der Waals surface area contributed by atoms with Crippen LogP contribution in [-0.2, 0) is 4.79 Å². The first-order valence-electron chi connectivity index (χ1n) is 11.1. The van der Waals surface area contributed by atoms with E-state index in [1.54, 1.807) is 0 Å². The predicted molar refractivity (Wildman–Crippen MR) is 122 cm³/mol. The molecule has 1 aromatic rings. The van der Waals surface area contributed by atoms with E-state index in [0.29, 0.717) is 37.7 Å². The van der Waals surface area contributed by atoms with Crippen LogP contribution in [0.2, 0.25) is 5.02 Å². The van der Waals surface area contributed by atoms with Crippen molar-refractivity contribution < 1.29 is 9.59 Å². The van der Waals surface area contributed by atoms with E-state index in [1.807, 2.05) is 41.8 Å². The SMILES string of the molecule is CCN(CC)C(=O)CN1CCN(C(=O)Nc2cc(Cl)ccc2N2CCCCC2)CC1. The molecule has 0 atom stereocenters. The number of benzene rings is 1. The Kier molecular flexibility index (Phi) is 8.22. The first-order valence-corrected chi connectivity index (χ1v) is 11.5. The number of nitrogens with one attached hydrogen (secondary N) is 1. The first kappa shape index (κ1) is 22.7. The van der Waals surface area contributed by atoms with E-state index in [-0.39, 0.29) is 11.9 Å². The summed E-state index contributed by atoms with van der Waals surface area (Å²) in [6, 6.07) is 5.61. The number of anilines is 2. The fourth-order valence-corrected chi connectivity index (χ4v) is 4.36. The molecule has 2 aliphatic rings. The molecule has 0 aromatic heterocycles. The highest BCUT2D eigenvalue weighted by Crippen LogP contribution is 2.31. The number of urea groups is 1. The summed E-state index contributed by atoms with van der Waals surface area (Å²) in [5.74, 6) is 0.156. The molecule has 8 heteroatoms. The van der Waals surface area contributed by atoms with Crippen molar-refractivity contribution in [3.63, 3.8) is 0 Å². The minimum Gasteiger partial charge on any atom is -0.370 e. The molecule has 0 bridgehead atoms. The van der Waals surface area contributed by atoms with Crippen molar-refractivity contribution in [3.05, 3.63) is 23.2 Å². The van der Waals surface area contributed by atoms with Crippen molar-refractivity contribution in [1.29, 1.82) is 0 Å². The Morgan fingerprint density at radius 2 is 1.67 bits per heavy atom. The maximum absolute atomic E-state index is 12.9. The van der Waals surface area contributed by atoms with Gasteiger partial charge in [-0.2, -0.15) is 0 Å². The van der Waals surface area contributed by atoms with Crippen molar-refractivity contribution in [2.45, 2.75) is 33.1 Å². The fourth-order valence-electron chi connectivity index (χ4n) is 4.19. The van der Waals surface area contributed by atoms with E-state index in [0.717, 1.165) is 37.6 Å². The normalized spacial score (nSPS) is 17.7. The fraction of sp³-hybridized carbons (Fsp3) is 0.636. The highest BCUT2D eigenvalue weighted by molar-refractivity contribution is 6.31. The lowest BCUT2D eigenvalue weighted by Gasteiger charge is -2.36. The number of carbonyl (C=O) groups excluding carboxylic acids is 2. The molecule has 3 rings (SSSR count). The van der Waals surface area contributed by atoms with Crippen LogP contribution in [0, 0.1) is 0 Å². The van der Waals surface area contributed by atoms with Gasteiger partial charge in [-0.25, -0.2) is 4.79 Å². The molecule has 1 N–H and O–H groups in total. The second-order valence-corrected chi connectivity index (χ2v) is 8.40. The molecular formula is C22H34ClN5O2. The second-order valence-electron chi connectivity index (χ2n) is 7.97. The molecule has 2 aliphatic heterocycles. The lowest BCUT2D eigenvalue weighted by molar-refractivity contribution is -0.132. The molecule has 0 saturated carbocycles. The number of piperidine rings is 1. The quantitative estimate of drug-likeness (QED) is 0.744. The zero-order valence-electron chi connectivity index (χ0n) is 18.2. The second kappa shape index (κ2) is 10.9. The molecule has 1 aromatic carbocycles. The van der Waals surface area contributed by atoms with Crippen LogP contribution in [-0.4, -0.2) is 85.5 Å². The Bertz CT molecular complexity index is 726. The van der Waals surface area contributed by atoms with Crippen molar-refractivity contribution in [1.82, 2.24) is 14.7 Å². The van der Waals surface area contributed by atoms with Crippen LogP contribution in [0.3, 0.4) is 0 Å². The molecule has 0 spiro atoms. The van der Waals surface area contributed by atoms with Crippen LogP contribution < -0.4 is 10.2 Å². The molecule has 2 saturated heterocycles. The third-order valence-corrected chi connectivity index (χ3v) is 6.27. The molecular weight excluding hydrogens is 402 g/mol. The lowest BCUT2D eigenvalue weighted by atomic mass is 10.1. The molecule has 30 heavy (non-hydrogen) atoms. The van der Waals surface area contributed by atoms with Gasteiger partial charge >= 0.3 is 6.03 Å². The van der Waals surface area contributed by atoms with E-state index >= 15 is 0 Å². The maximum atomic E-state index is 12.9. The topological polar surface area (TPSA) is 59.1 Å². The summed E-state index contributed by atoms with van der Waals surface area (Å²) >= 11 is 6.22. The number of rotatable bonds is 6. The molecule has 7 nitrogen and oxygen atoms in total. The minimum atomic E-state index is -0.106. The summed E-state index contributed by atoms with van der Waals surface area (Å²) in [6.07, 6.45) is 3.60. The predicted octanol–water partition coefficient (Wildman–Crippen LogP) is 3.35. The largest absolute Gasteiger partial charge is 0.370 e. The van der Waals surface area contributed by atoms with Crippen LogP contribution in [0.4, 0.5) is 16.2 Å². The van der Waals surface area contributed by atoms with Gasteiger partial charge in [0.25, 0.3) is 0 Å². The smallest absolute Gasteiger partial charge is 0.321 e. The number of hydrogen-bond acceptors (Lipinski definition) is 4. The summed E-state index contributed by atoms with van der Waals surface area (Å²) in [5, 5.41) is 3.69. The summed E-state index contributed by atoms with van der Waals surface area (Å²) in [6.45, 7) is 10.5. The number of likely N-dealkylation sites (N-methyl/N-ethyl adjacent to an activating group) is 1. The zero-order chi connectivity index (χ0) is 21.5. The number of hydrogen-bond donors (Lipinski definition) is 1. The van der Waals surface area contributed by atoms with E-state index < -0.39 is 0 Å². The Hall–Kier alpha value is -1.99. The molecule has 0 radical (unpaired) electrons. The van der Waals surface area contributed by atoms with Gasteiger partial charge in [-0.05, 0) is 51.3 Å². The van der Waals surface area contributed by atoms with Crippen LogP contribution in [0.15, 0.2) is 18.2 Å². The van der Waals surface area contributed by atoms with Gasteiger partial charge in [0.2, 0.25) is 5.91 Å². The molecule has 3 amide bonds. The van der Waals surface area contributed by atoms with Gasteiger partial charge in [0.1, 0.15) is 0 Å². The Labute approximate surface area is 184 Å². The number of piperazine rings is 1. The van der Waals surface area contributed by atoms with Crippen LogP contribution >= 0.6 is 11.6 Å². The van der Waals surface area contributed by atoms with Gasteiger partial charge in [0.15, 0.2) is 0 Å². The van der Waals surface area contributed by atoms with E-state index in [4.69, 9.17) is 11.6 Å². The standard InChI is InChI=1S/C22H34ClN5O2/c1-3-26(4-2)21(29)17-25-12-14-28(15-13-25)22(30)24-19-16-18(23)8-9-20(19)27-10-6-5-7-11-27/h8-9,16H,3-7,10-15,17H2,1-2H3,(H,24,30). The number of nitrogens with zero attached hydrogens (tertiary/aromatic N) is 4. The minimum absolute atomic E-state index is 0.106. The average Bonchev–Trinajstić information content (AvgIpc) is 2.76. The lowest BCUT2D eigenvalue weighted by Crippen LogP contribution is -2.52. The Balaban J connectivity index is 1.56. The van der Waals surface area contributed by atoms with Crippen LogP contribution in [0.5, 0.6) is 0 Å². The van der Waals surface area contributed by atoms with Gasteiger partial charge in [-0.3, -0.25) is 9.69 Å². The van der Waals surface area contributed by atoms with Gasteiger partial charge in [-0.15, -0.1) is 0 Å². The molecule has 166 valence electrons. The monoisotopic (exact) mass is 435 g/mol. The van der Waals surface area contributed by atoms with Crippen molar-refractivity contribution in [2.75, 3.05) is 69.1 Å². The molecule has 2 heterocycles. The summed E-state index contributed by atoms with van der Waals surface area (Å²) < 4.78 is 0. The summed E-state index contributed by atoms with van der Waals surface area (Å²) in [5.41, 5.74) is 1.81. The van der Waals surface area contributed by atoms with Gasteiger partial charge in [-0.1, -0.05) is 11.6 Å². The van der Waals surface area contributed by atoms with Crippen molar-refractivity contribution in [2.24, 2.45) is 0 Å². The van der Waals surface area contributed by atoms with E-state index in [2.05, 4.69) is 15.1 Å². The molecule has 2 fully saturated rings. The average molecular weight is 436 g/mol. The third kappa shape index (κ3) is 5.79. The van der Waals surface area contributed by atoms with Gasteiger partial charge in [0, 0.05) is 57.4 Å². The highest BCUT2D eigenvalue weighted by atomic mass is 35.5. The zero-order valence-corrected chi connectivity index (χ0v) is 19.0. The summed E-state index contributed by atoms with van der Waals surface area (Å²) in [7, 11) is 0.